The third kappa shape index (κ3) is 5.86. The van der Waals surface area contributed by atoms with Gasteiger partial charge in [0.05, 0.1) is 11.3 Å². The zero-order valence-electron chi connectivity index (χ0n) is 20.7. The molecule has 0 bridgehead atoms. The van der Waals surface area contributed by atoms with E-state index >= 15 is 0 Å². The van der Waals surface area contributed by atoms with Crippen molar-refractivity contribution in [1.29, 1.82) is 0 Å². The highest BCUT2D eigenvalue weighted by atomic mass is 16.2. The van der Waals surface area contributed by atoms with Crippen molar-refractivity contribution in [1.82, 2.24) is 9.97 Å². The zero-order valence-corrected chi connectivity index (χ0v) is 20.7. The van der Waals surface area contributed by atoms with E-state index in [4.69, 9.17) is 11.5 Å². The van der Waals surface area contributed by atoms with Crippen LogP contribution >= 0.6 is 0 Å². The van der Waals surface area contributed by atoms with E-state index in [1.54, 1.807) is 12.1 Å². The van der Waals surface area contributed by atoms with E-state index in [0.717, 1.165) is 47.9 Å². The fourth-order valence-electron chi connectivity index (χ4n) is 4.12. The number of allylic oxidation sites excluding steroid dienone is 1. The van der Waals surface area contributed by atoms with E-state index in [2.05, 4.69) is 20.6 Å². The Bertz CT molecular complexity index is 1420. The first kappa shape index (κ1) is 24.2. The van der Waals surface area contributed by atoms with Crippen molar-refractivity contribution in [3.63, 3.8) is 0 Å². The van der Waals surface area contributed by atoms with E-state index in [1.807, 2.05) is 49.4 Å². The maximum absolute atomic E-state index is 12.8. The number of anilines is 2. The second kappa shape index (κ2) is 10.3. The van der Waals surface area contributed by atoms with E-state index in [1.165, 1.54) is 12.5 Å². The molecule has 0 atom stereocenters. The second-order valence-electron chi connectivity index (χ2n) is 9.66. The van der Waals surface area contributed by atoms with Crippen LogP contribution in [-0.4, -0.2) is 21.8 Å². The van der Waals surface area contributed by atoms with Crippen LogP contribution in [0.1, 0.15) is 31.2 Å². The molecule has 0 aliphatic heterocycles. The van der Waals surface area contributed by atoms with Crippen molar-refractivity contribution < 1.29 is 9.59 Å². The molecule has 37 heavy (non-hydrogen) atoms. The number of rotatable bonds is 8. The number of benzene rings is 2. The number of hydrogen-bond acceptors (Lipinski definition) is 6. The maximum Gasteiger partial charge on any atom is 0.257 e. The Labute approximate surface area is 215 Å². The number of hydrogen-bond donors (Lipinski definition) is 4. The predicted octanol–water partition coefficient (Wildman–Crippen LogP) is 4.50. The number of amides is 2. The fourth-order valence-corrected chi connectivity index (χ4v) is 4.12. The lowest BCUT2D eigenvalue weighted by Crippen LogP contribution is -2.16. The Morgan fingerprint density at radius 1 is 0.946 bits per heavy atom. The first-order valence-corrected chi connectivity index (χ1v) is 12.5. The minimum atomic E-state index is -0.309. The second-order valence-corrected chi connectivity index (χ2v) is 9.66. The van der Waals surface area contributed by atoms with Gasteiger partial charge >= 0.3 is 0 Å². The lowest BCUT2D eigenvalue weighted by atomic mass is 9.97. The number of carbonyl (C=O) groups is 2. The molecular formula is C29H30N6O2. The zero-order chi connectivity index (χ0) is 25.9. The van der Waals surface area contributed by atoms with Crippen molar-refractivity contribution in [3.8, 4) is 22.4 Å². The summed E-state index contributed by atoms with van der Waals surface area (Å²) >= 11 is 0. The van der Waals surface area contributed by atoms with Gasteiger partial charge in [-0.3, -0.25) is 9.59 Å². The van der Waals surface area contributed by atoms with E-state index < -0.39 is 0 Å². The highest BCUT2D eigenvalue weighted by molar-refractivity contribution is 6.06. The van der Waals surface area contributed by atoms with Crippen LogP contribution in [0.5, 0.6) is 0 Å². The van der Waals surface area contributed by atoms with E-state index in [-0.39, 0.29) is 17.7 Å². The third-order valence-corrected chi connectivity index (χ3v) is 6.64. The first-order chi connectivity index (χ1) is 17.9. The lowest BCUT2D eigenvalue weighted by molar-refractivity contribution is -0.117. The first-order valence-electron chi connectivity index (χ1n) is 12.5. The smallest absolute Gasteiger partial charge is 0.257 e. The highest BCUT2D eigenvalue weighted by Crippen LogP contribution is 2.34. The van der Waals surface area contributed by atoms with Gasteiger partial charge in [0.25, 0.3) is 5.91 Å². The van der Waals surface area contributed by atoms with Gasteiger partial charge in [-0.05, 0) is 79.5 Å². The summed E-state index contributed by atoms with van der Waals surface area (Å²) in [7, 11) is 0. The molecule has 2 saturated carbocycles. The Morgan fingerprint density at radius 3 is 2.43 bits per heavy atom. The molecule has 5 rings (SSSR count). The molecular weight excluding hydrogens is 464 g/mol. The summed E-state index contributed by atoms with van der Waals surface area (Å²) in [5.74, 6) is 0.637. The number of aryl methyl sites for hydroxylation is 1. The molecule has 1 heterocycles. The summed E-state index contributed by atoms with van der Waals surface area (Å²) in [6.45, 7) is 2.02. The van der Waals surface area contributed by atoms with Gasteiger partial charge in [-0.1, -0.05) is 24.3 Å². The summed E-state index contributed by atoms with van der Waals surface area (Å²) in [6, 6.07) is 15.5. The fraction of sp³-hybridized carbons (Fsp3) is 0.241. The van der Waals surface area contributed by atoms with Gasteiger partial charge < -0.3 is 22.1 Å². The molecule has 2 fully saturated rings. The van der Waals surface area contributed by atoms with Crippen LogP contribution in [-0.2, 0) is 9.59 Å². The molecule has 2 amide bonds. The predicted molar refractivity (Wildman–Crippen MR) is 145 cm³/mol. The van der Waals surface area contributed by atoms with Gasteiger partial charge in [0, 0.05) is 35.1 Å². The summed E-state index contributed by atoms with van der Waals surface area (Å²) in [5, 5.41) is 5.81. The van der Waals surface area contributed by atoms with Crippen molar-refractivity contribution in [2.45, 2.75) is 32.6 Å². The van der Waals surface area contributed by atoms with Gasteiger partial charge in [-0.15, -0.1) is 0 Å². The average Bonchev–Trinajstić information content (AvgIpc) is 3.81. The molecule has 2 aromatic carbocycles. The Balaban J connectivity index is 1.37. The van der Waals surface area contributed by atoms with Crippen molar-refractivity contribution >= 4 is 23.3 Å². The quantitative estimate of drug-likeness (QED) is 0.269. The molecule has 0 spiro atoms. The molecule has 8 heteroatoms. The minimum Gasteiger partial charge on any atom is -0.404 e. The minimum absolute atomic E-state index is 0.00578. The van der Waals surface area contributed by atoms with Crippen molar-refractivity contribution in [2.75, 3.05) is 10.6 Å². The molecule has 1 aromatic heterocycles. The molecule has 2 aliphatic carbocycles. The summed E-state index contributed by atoms with van der Waals surface area (Å²) in [6.07, 6.45) is 8.36. The molecule has 0 unspecified atom stereocenters. The van der Waals surface area contributed by atoms with Crippen LogP contribution in [0, 0.1) is 18.8 Å². The molecule has 0 saturated heterocycles. The Hall–Kier alpha value is -4.46. The molecule has 3 aromatic rings. The van der Waals surface area contributed by atoms with E-state index in [9.17, 15) is 9.59 Å². The Kier molecular flexibility index (Phi) is 6.72. The summed E-state index contributed by atoms with van der Waals surface area (Å²) in [4.78, 5) is 33.6. The van der Waals surface area contributed by atoms with Gasteiger partial charge in [0.2, 0.25) is 5.91 Å². The molecule has 2 aliphatic rings. The number of nitrogens with one attached hydrogen (secondary N) is 2. The average molecular weight is 495 g/mol. The van der Waals surface area contributed by atoms with Crippen LogP contribution in [0.15, 0.2) is 78.4 Å². The van der Waals surface area contributed by atoms with Gasteiger partial charge in [-0.25, -0.2) is 9.97 Å². The van der Waals surface area contributed by atoms with Crippen LogP contribution in [0.3, 0.4) is 0 Å². The Morgan fingerprint density at radius 2 is 1.70 bits per heavy atom. The number of nitrogens with zero attached hydrogens (tertiary/aromatic N) is 2. The normalized spacial score (nSPS) is 15.8. The van der Waals surface area contributed by atoms with Crippen LogP contribution in [0.25, 0.3) is 22.4 Å². The van der Waals surface area contributed by atoms with E-state index in [0.29, 0.717) is 34.4 Å². The largest absolute Gasteiger partial charge is 0.404 e. The highest BCUT2D eigenvalue weighted by Gasteiger charge is 2.30. The van der Waals surface area contributed by atoms with Crippen LogP contribution in [0.2, 0.25) is 0 Å². The number of carbonyl (C=O) groups excluding carboxylic acids is 2. The van der Waals surface area contributed by atoms with Crippen molar-refractivity contribution in [2.24, 2.45) is 23.3 Å². The lowest BCUT2D eigenvalue weighted by Gasteiger charge is -2.12. The van der Waals surface area contributed by atoms with Gasteiger partial charge in [0.1, 0.15) is 12.1 Å². The SMILES string of the molecule is Cc1ccc(NC(=O)C(/C=C(\N)C2CC2)=C/N)cc1-c1cccc(-c2cc(NC(=O)C3CC3)ncn2)c1. The van der Waals surface area contributed by atoms with Crippen LogP contribution in [0.4, 0.5) is 11.5 Å². The van der Waals surface area contributed by atoms with Crippen LogP contribution < -0.4 is 22.1 Å². The van der Waals surface area contributed by atoms with Gasteiger partial charge in [-0.2, -0.15) is 0 Å². The third-order valence-electron chi connectivity index (χ3n) is 6.64. The van der Waals surface area contributed by atoms with Crippen molar-refractivity contribution in [3.05, 3.63) is 84.0 Å². The maximum atomic E-state index is 12.8. The topological polar surface area (TPSA) is 136 Å². The summed E-state index contributed by atoms with van der Waals surface area (Å²) in [5.41, 5.74) is 18.1. The molecule has 8 nitrogen and oxygen atoms in total. The molecule has 188 valence electrons. The standard InChI is InChI=1S/C29H30N6O2/c1-17-5-10-23(34-29(37)22(15-30)12-25(31)18-6-7-18)13-24(17)20-3-2-4-21(11-20)26-14-27(33-16-32-26)35-28(36)19-8-9-19/h2-5,10-16,18-19H,6-9,30-31H2,1H3,(H,34,37)(H,32,33,35,36)/b22-15+,25-12-. The number of nitrogens with two attached hydrogens (primary N) is 2. The number of aromatic nitrogens is 2. The summed E-state index contributed by atoms with van der Waals surface area (Å²) < 4.78 is 0. The monoisotopic (exact) mass is 494 g/mol. The molecule has 6 N–H and O–H groups in total. The molecule has 0 radical (unpaired) electrons. The van der Waals surface area contributed by atoms with Gasteiger partial charge in [0.15, 0.2) is 0 Å².